The van der Waals surface area contributed by atoms with Crippen molar-refractivity contribution in [1.29, 1.82) is 0 Å². The quantitative estimate of drug-likeness (QED) is 0.586. The molecule has 1 aromatic carbocycles. The Morgan fingerprint density at radius 3 is 2.12 bits per heavy atom. The molecule has 1 atom stereocenters. The molecule has 24 heavy (non-hydrogen) atoms. The number of rotatable bonds is 3. The van der Waals surface area contributed by atoms with Crippen LogP contribution in [-0.2, 0) is 0 Å². The number of piperazine rings is 1. The van der Waals surface area contributed by atoms with Crippen molar-refractivity contribution in [1.82, 2.24) is 10.2 Å². The first-order valence-electron chi connectivity index (χ1n) is 8.26. The van der Waals surface area contributed by atoms with E-state index in [-0.39, 0.29) is 24.8 Å². The molecule has 138 valence electrons. The van der Waals surface area contributed by atoms with Gasteiger partial charge >= 0.3 is 0 Å². The second-order valence-electron chi connectivity index (χ2n) is 6.39. The van der Waals surface area contributed by atoms with Gasteiger partial charge in [-0.15, -0.1) is 24.8 Å². The number of nitrogens with one attached hydrogen (secondary N) is 1. The first-order chi connectivity index (χ1) is 10.7. The van der Waals surface area contributed by atoms with Gasteiger partial charge in [0.15, 0.2) is 0 Å². The number of nitrogens with zero attached hydrogens (tertiary/aromatic N) is 1. The van der Waals surface area contributed by atoms with Crippen molar-refractivity contribution >= 4 is 59.6 Å². The summed E-state index contributed by atoms with van der Waals surface area (Å²) in [7, 11) is 0. The normalized spacial score (nSPS) is 20.8. The van der Waals surface area contributed by atoms with Crippen LogP contribution in [0.2, 0.25) is 15.1 Å². The summed E-state index contributed by atoms with van der Waals surface area (Å²) in [4.78, 5) is 2.55. The minimum Gasteiger partial charge on any atom is -0.314 e. The summed E-state index contributed by atoms with van der Waals surface area (Å²) in [6.45, 7) is 4.14. The van der Waals surface area contributed by atoms with E-state index in [2.05, 4.69) is 10.2 Å². The third-order valence-electron chi connectivity index (χ3n) is 5.02. The molecule has 3 rings (SSSR count). The van der Waals surface area contributed by atoms with Crippen molar-refractivity contribution in [3.63, 3.8) is 0 Å². The minimum absolute atomic E-state index is 0. The monoisotopic (exact) mass is 432 g/mol. The molecule has 0 spiro atoms. The molecule has 0 unspecified atom stereocenters. The molecule has 0 bridgehead atoms. The summed E-state index contributed by atoms with van der Waals surface area (Å²) < 4.78 is 0. The van der Waals surface area contributed by atoms with Gasteiger partial charge in [0.05, 0.1) is 10.0 Å². The van der Waals surface area contributed by atoms with Crippen LogP contribution in [0.3, 0.4) is 0 Å². The van der Waals surface area contributed by atoms with E-state index in [0.717, 1.165) is 36.8 Å². The van der Waals surface area contributed by atoms with Gasteiger partial charge in [-0.3, -0.25) is 4.90 Å². The molecule has 7 heteroatoms. The summed E-state index contributed by atoms with van der Waals surface area (Å²) in [5, 5.41) is 5.43. The molecule has 0 radical (unpaired) electrons. The first-order valence-corrected chi connectivity index (χ1v) is 9.40. The Morgan fingerprint density at radius 2 is 1.50 bits per heavy atom. The van der Waals surface area contributed by atoms with Crippen molar-refractivity contribution in [2.75, 3.05) is 26.2 Å². The average Bonchev–Trinajstić information content (AvgIpc) is 2.57. The van der Waals surface area contributed by atoms with Crippen molar-refractivity contribution in [3.05, 3.63) is 32.8 Å². The van der Waals surface area contributed by atoms with Gasteiger partial charge < -0.3 is 5.32 Å². The molecule has 1 N–H and O–H groups in total. The minimum atomic E-state index is 0. The highest BCUT2D eigenvalue weighted by molar-refractivity contribution is 6.44. The number of halogens is 5. The summed E-state index contributed by atoms with van der Waals surface area (Å²) >= 11 is 19.4. The van der Waals surface area contributed by atoms with E-state index in [1.54, 1.807) is 6.07 Å². The fraction of sp³-hybridized carbons (Fsp3) is 0.647. The van der Waals surface area contributed by atoms with E-state index in [0.29, 0.717) is 22.0 Å². The smallest absolute Gasteiger partial charge is 0.0655 e. The van der Waals surface area contributed by atoms with Crippen molar-refractivity contribution in [2.24, 2.45) is 5.92 Å². The number of hydrogen-bond acceptors (Lipinski definition) is 2. The van der Waals surface area contributed by atoms with E-state index < -0.39 is 0 Å². The van der Waals surface area contributed by atoms with Gasteiger partial charge in [0, 0.05) is 42.8 Å². The maximum atomic E-state index is 6.57. The molecule has 2 nitrogen and oxygen atoms in total. The van der Waals surface area contributed by atoms with Crippen LogP contribution in [0, 0.1) is 5.92 Å². The van der Waals surface area contributed by atoms with Gasteiger partial charge in [0.25, 0.3) is 0 Å². The van der Waals surface area contributed by atoms with Crippen molar-refractivity contribution in [3.8, 4) is 0 Å². The Hall–Kier alpha value is 0.590. The van der Waals surface area contributed by atoms with E-state index in [4.69, 9.17) is 34.8 Å². The van der Waals surface area contributed by atoms with Crippen molar-refractivity contribution in [2.45, 2.75) is 38.1 Å². The van der Waals surface area contributed by atoms with Gasteiger partial charge in [0.2, 0.25) is 0 Å². The van der Waals surface area contributed by atoms with Gasteiger partial charge in [-0.1, -0.05) is 54.1 Å². The van der Waals surface area contributed by atoms with E-state index in [1.165, 1.54) is 32.1 Å². The number of benzene rings is 1. The zero-order chi connectivity index (χ0) is 15.5. The van der Waals surface area contributed by atoms with Gasteiger partial charge in [-0.2, -0.15) is 0 Å². The highest BCUT2D eigenvalue weighted by Gasteiger charge is 2.34. The molecular formula is C17H25Cl5N2. The van der Waals surface area contributed by atoms with E-state index >= 15 is 0 Å². The standard InChI is InChI=1S/C17H23Cl3N2.2ClH/c18-13-6-7-14(19)16(20)15(13)17(12-4-2-1-3-5-12)22-10-8-21-9-11-22;;/h6-7,12,17,21H,1-5,8-11H2;2*1H/t17-;;/m0../s1. The van der Waals surface area contributed by atoms with Crippen LogP contribution < -0.4 is 5.32 Å². The van der Waals surface area contributed by atoms with Gasteiger partial charge in [-0.25, -0.2) is 0 Å². The maximum Gasteiger partial charge on any atom is 0.0655 e. The first kappa shape index (κ1) is 22.6. The Bertz CT molecular complexity index is 496. The summed E-state index contributed by atoms with van der Waals surface area (Å²) in [6.07, 6.45) is 6.48. The Labute approximate surface area is 172 Å². The summed E-state index contributed by atoms with van der Waals surface area (Å²) in [5.41, 5.74) is 1.05. The maximum absolute atomic E-state index is 6.57. The largest absolute Gasteiger partial charge is 0.314 e. The molecule has 0 aromatic heterocycles. The molecule has 0 amide bonds. The Kier molecular flexibility index (Phi) is 10.1. The summed E-state index contributed by atoms with van der Waals surface area (Å²) in [6, 6.07) is 3.98. The zero-order valence-corrected chi connectivity index (χ0v) is 17.5. The highest BCUT2D eigenvalue weighted by Crippen LogP contribution is 2.45. The fourth-order valence-electron chi connectivity index (χ4n) is 3.94. The lowest BCUT2D eigenvalue weighted by Crippen LogP contribution is -2.47. The second-order valence-corrected chi connectivity index (χ2v) is 7.58. The van der Waals surface area contributed by atoms with Gasteiger partial charge in [0.1, 0.15) is 0 Å². The predicted molar refractivity (Wildman–Crippen MR) is 110 cm³/mol. The van der Waals surface area contributed by atoms with Crippen LogP contribution in [0.25, 0.3) is 0 Å². The average molecular weight is 435 g/mol. The molecule has 1 aliphatic heterocycles. The molecular weight excluding hydrogens is 409 g/mol. The van der Waals surface area contributed by atoms with Gasteiger partial charge in [-0.05, 0) is 30.9 Å². The van der Waals surface area contributed by atoms with Crippen LogP contribution in [-0.4, -0.2) is 31.1 Å². The van der Waals surface area contributed by atoms with Crippen LogP contribution in [0.4, 0.5) is 0 Å². The zero-order valence-electron chi connectivity index (χ0n) is 13.6. The second kappa shape index (κ2) is 10.7. The molecule has 1 aliphatic carbocycles. The topological polar surface area (TPSA) is 15.3 Å². The van der Waals surface area contributed by atoms with Crippen LogP contribution in [0.15, 0.2) is 12.1 Å². The molecule has 1 saturated heterocycles. The Morgan fingerprint density at radius 1 is 0.917 bits per heavy atom. The molecule has 2 fully saturated rings. The summed E-state index contributed by atoms with van der Waals surface area (Å²) in [5.74, 6) is 0.625. The fourth-order valence-corrected chi connectivity index (χ4v) is 4.70. The number of hydrogen-bond donors (Lipinski definition) is 1. The van der Waals surface area contributed by atoms with Crippen molar-refractivity contribution < 1.29 is 0 Å². The SMILES string of the molecule is Cl.Cl.Clc1ccc(Cl)c([C@H](C2CCCCC2)N2CCNCC2)c1Cl. The van der Waals surface area contributed by atoms with Crippen LogP contribution in [0.5, 0.6) is 0 Å². The van der Waals surface area contributed by atoms with E-state index in [9.17, 15) is 0 Å². The predicted octanol–water partition coefficient (Wildman–Crippen LogP) is 6.02. The van der Waals surface area contributed by atoms with Crippen LogP contribution in [0.1, 0.15) is 43.7 Å². The lowest BCUT2D eigenvalue weighted by molar-refractivity contribution is 0.103. The van der Waals surface area contributed by atoms with Crippen LogP contribution >= 0.6 is 59.6 Å². The molecule has 1 aromatic rings. The lowest BCUT2D eigenvalue weighted by atomic mass is 9.80. The third-order valence-corrected chi connectivity index (χ3v) is 6.17. The Balaban J connectivity index is 0.00000144. The highest BCUT2D eigenvalue weighted by atomic mass is 35.5. The lowest BCUT2D eigenvalue weighted by Gasteiger charge is -2.42. The van der Waals surface area contributed by atoms with E-state index in [1.807, 2.05) is 6.07 Å². The molecule has 1 saturated carbocycles. The molecule has 2 aliphatic rings. The third kappa shape index (κ3) is 5.07. The molecule has 1 heterocycles.